The van der Waals surface area contributed by atoms with Crippen molar-refractivity contribution in [2.75, 3.05) is 7.11 Å². The van der Waals surface area contributed by atoms with Crippen molar-refractivity contribution in [2.45, 2.75) is 34.0 Å². The fourth-order valence-electron chi connectivity index (χ4n) is 2.21. The smallest absolute Gasteiger partial charge is 0.338 e. The Hall–Kier alpha value is -2.23. The van der Waals surface area contributed by atoms with E-state index in [0.29, 0.717) is 21.2 Å². The number of halogens is 2. The van der Waals surface area contributed by atoms with Gasteiger partial charge in [-0.2, -0.15) is 5.26 Å². The van der Waals surface area contributed by atoms with Crippen molar-refractivity contribution >= 4 is 21.9 Å². The summed E-state index contributed by atoms with van der Waals surface area (Å²) in [6.07, 6.45) is 0. The second-order valence-corrected chi connectivity index (χ2v) is 6.02. The number of ether oxygens (including phenoxy) is 2. The molecule has 0 heterocycles. The Kier molecular flexibility index (Phi) is 8.97. The molecule has 2 rings (SSSR count). The van der Waals surface area contributed by atoms with Crippen LogP contribution in [-0.4, -0.2) is 13.1 Å². The van der Waals surface area contributed by atoms with Gasteiger partial charge in [0.2, 0.25) is 0 Å². The zero-order chi connectivity index (χ0) is 19.7. The van der Waals surface area contributed by atoms with Crippen LogP contribution in [0, 0.1) is 24.1 Å². The van der Waals surface area contributed by atoms with Crippen LogP contribution in [0.1, 0.15) is 46.5 Å². The monoisotopic (exact) mass is 421 g/mol. The van der Waals surface area contributed by atoms with E-state index in [1.807, 2.05) is 19.9 Å². The average Bonchev–Trinajstić information content (AvgIpc) is 2.66. The molecule has 138 valence electrons. The molecule has 0 aliphatic carbocycles. The van der Waals surface area contributed by atoms with Gasteiger partial charge in [-0.15, -0.1) is 0 Å². The Morgan fingerprint density at radius 3 is 2.46 bits per heavy atom. The Balaban J connectivity index is 0.00000163. The molecule has 0 atom stereocenters. The van der Waals surface area contributed by atoms with Gasteiger partial charge in [-0.05, 0) is 69.9 Å². The highest BCUT2D eigenvalue weighted by Gasteiger charge is 2.13. The van der Waals surface area contributed by atoms with Crippen LogP contribution >= 0.6 is 15.9 Å². The predicted octanol–water partition coefficient (Wildman–Crippen LogP) is 5.30. The number of aryl methyl sites for hydroxylation is 1. The lowest BCUT2D eigenvalue weighted by Crippen LogP contribution is -2.08. The number of hydrogen-bond acceptors (Lipinski definition) is 4. The summed E-state index contributed by atoms with van der Waals surface area (Å²) in [5.74, 6) is -0.815. The molecule has 2 aromatic carbocycles. The fourth-order valence-corrected chi connectivity index (χ4v) is 2.60. The van der Waals surface area contributed by atoms with E-state index < -0.39 is 5.97 Å². The zero-order valence-corrected chi connectivity index (χ0v) is 16.8. The van der Waals surface area contributed by atoms with Gasteiger partial charge in [0, 0.05) is 0 Å². The molecule has 0 aliphatic heterocycles. The second kappa shape index (κ2) is 10.7. The molecule has 6 heteroatoms. The van der Waals surface area contributed by atoms with Gasteiger partial charge >= 0.3 is 5.97 Å². The van der Waals surface area contributed by atoms with Crippen molar-refractivity contribution in [3.8, 4) is 6.07 Å². The molecule has 4 nitrogen and oxygen atoms in total. The molecule has 0 saturated carbocycles. The molecule has 0 aromatic heterocycles. The minimum atomic E-state index is -0.487. The number of methoxy groups -OCH3 is 1. The first kappa shape index (κ1) is 21.8. The molecule has 2 aromatic rings. The van der Waals surface area contributed by atoms with Gasteiger partial charge in [0.05, 0.1) is 42.0 Å². The van der Waals surface area contributed by atoms with Crippen LogP contribution in [0.25, 0.3) is 0 Å². The molecule has 0 fully saturated rings. The summed E-state index contributed by atoms with van der Waals surface area (Å²) in [5.41, 5.74) is 2.96. The van der Waals surface area contributed by atoms with E-state index in [2.05, 4.69) is 15.9 Å². The third kappa shape index (κ3) is 5.65. The number of benzene rings is 2. The molecule has 0 radical (unpaired) electrons. The average molecular weight is 422 g/mol. The van der Waals surface area contributed by atoms with E-state index in [1.165, 1.54) is 13.2 Å². The lowest BCUT2D eigenvalue weighted by Gasteiger charge is -2.11. The summed E-state index contributed by atoms with van der Waals surface area (Å²) in [5, 5.41) is 9.00. The van der Waals surface area contributed by atoms with Crippen LogP contribution in [0.2, 0.25) is 0 Å². The highest BCUT2D eigenvalue weighted by molar-refractivity contribution is 9.10. The summed E-state index contributed by atoms with van der Waals surface area (Å²) in [7, 11) is 1.30. The van der Waals surface area contributed by atoms with Gasteiger partial charge in [0.25, 0.3) is 0 Å². The third-order valence-electron chi connectivity index (χ3n) is 3.53. The molecular weight excluding hydrogens is 401 g/mol. The van der Waals surface area contributed by atoms with Crippen LogP contribution in [0.3, 0.4) is 0 Å². The highest BCUT2D eigenvalue weighted by atomic mass is 79.9. The molecule has 0 spiro atoms. The largest absolute Gasteiger partial charge is 0.465 e. The number of nitriles is 1. The van der Waals surface area contributed by atoms with E-state index >= 15 is 0 Å². The number of carbonyl (C=O) groups excluding carboxylic acids is 1. The first-order chi connectivity index (χ1) is 12.5. The van der Waals surface area contributed by atoms with Crippen molar-refractivity contribution in [3.63, 3.8) is 0 Å². The molecule has 0 aliphatic rings. The minimum Gasteiger partial charge on any atom is -0.465 e. The Morgan fingerprint density at radius 1 is 1.19 bits per heavy atom. The maximum absolute atomic E-state index is 13.4. The maximum atomic E-state index is 13.4. The van der Waals surface area contributed by atoms with Crippen molar-refractivity contribution in [2.24, 2.45) is 0 Å². The molecule has 0 unspecified atom stereocenters. The number of carbonyl (C=O) groups is 1. The Bertz CT molecular complexity index is 815. The minimum absolute atomic E-state index is 0.133. The molecule has 0 amide bonds. The normalized spacial score (nSPS) is 9.73. The predicted molar refractivity (Wildman–Crippen MR) is 101 cm³/mol. The SMILES string of the molecule is CC.COC(=O)c1ccc(C#N)cc1COCc1cc(Br)c(F)cc1C. The third-order valence-corrected chi connectivity index (χ3v) is 4.14. The summed E-state index contributed by atoms with van der Waals surface area (Å²) >= 11 is 3.15. The summed E-state index contributed by atoms with van der Waals surface area (Å²) in [6.45, 7) is 6.18. The summed E-state index contributed by atoms with van der Waals surface area (Å²) in [6, 6.07) is 9.81. The van der Waals surface area contributed by atoms with Crippen molar-refractivity contribution in [1.82, 2.24) is 0 Å². The van der Waals surface area contributed by atoms with E-state index in [9.17, 15) is 9.18 Å². The number of nitrogens with zero attached hydrogens (tertiary/aromatic N) is 1. The van der Waals surface area contributed by atoms with Gasteiger partial charge in [0.1, 0.15) is 5.82 Å². The van der Waals surface area contributed by atoms with E-state index in [1.54, 1.807) is 31.2 Å². The molecule has 26 heavy (non-hydrogen) atoms. The maximum Gasteiger partial charge on any atom is 0.338 e. The van der Waals surface area contributed by atoms with Gasteiger partial charge in [-0.25, -0.2) is 9.18 Å². The van der Waals surface area contributed by atoms with Gasteiger partial charge in [-0.1, -0.05) is 13.8 Å². The van der Waals surface area contributed by atoms with Gasteiger partial charge < -0.3 is 9.47 Å². The number of rotatable bonds is 5. The van der Waals surface area contributed by atoms with E-state index in [4.69, 9.17) is 14.7 Å². The standard InChI is InChI=1S/C18H15BrFNO3.C2H6/c1-11-5-17(20)16(19)7-13(11)9-24-10-14-6-12(8-21)3-4-15(14)18(22)23-2;1-2/h3-7H,9-10H2,1-2H3;1-2H3. The van der Waals surface area contributed by atoms with Crippen LogP contribution in [-0.2, 0) is 22.7 Å². The van der Waals surface area contributed by atoms with Crippen LogP contribution in [0.15, 0.2) is 34.8 Å². The Morgan fingerprint density at radius 2 is 1.85 bits per heavy atom. The van der Waals surface area contributed by atoms with Crippen LogP contribution in [0.5, 0.6) is 0 Å². The number of esters is 1. The Labute approximate surface area is 161 Å². The first-order valence-corrected chi connectivity index (χ1v) is 8.89. The van der Waals surface area contributed by atoms with E-state index in [-0.39, 0.29) is 19.0 Å². The number of hydrogen-bond donors (Lipinski definition) is 0. The van der Waals surface area contributed by atoms with Crippen LogP contribution < -0.4 is 0 Å². The lowest BCUT2D eigenvalue weighted by molar-refractivity contribution is 0.0590. The summed E-state index contributed by atoms with van der Waals surface area (Å²) < 4.78 is 24.2. The fraction of sp³-hybridized carbons (Fsp3) is 0.300. The zero-order valence-electron chi connectivity index (χ0n) is 15.2. The lowest BCUT2D eigenvalue weighted by atomic mass is 10.0. The summed E-state index contributed by atoms with van der Waals surface area (Å²) in [4.78, 5) is 11.8. The van der Waals surface area contributed by atoms with Crippen molar-refractivity contribution in [3.05, 3.63) is 68.4 Å². The molecule has 0 bridgehead atoms. The van der Waals surface area contributed by atoms with Gasteiger partial charge in [0.15, 0.2) is 0 Å². The van der Waals surface area contributed by atoms with Gasteiger partial charge in [-0.3, -0.25) is 0 Å². The highest BCUT2D eigenvalue weighted by Crippen LogP contribution is 2.22. The quantitative estimate of drug-likeness (QED) is 0.614. The topological polar surface area (TPSA) is 59.3 Å². The van der Waals surface area contributed by atoms with Crippen LogP contribution in [0.4, 0.5) is 4.39 Å². The first-order valence-electron chi connectivity index (χ1n) is 8.10. The molecule has 0 saturated heterocycles. The van der Waals surface area contributed by atoms with Crippen molar-refractivity contribution < 1.29 is 18.7 Å². The second-order valence-electron chi connectivity index (χ2n) is 5.16. The van der Waals surface area contributed by atoms with Crippen molar-refractivity contribution in [1.29, 1.82) is 5.26 Å². The molecule has 0 N–H and O–H groups in total. The van der Waals surface area contributed by atoms with E-state index in [0.717, 1.165) is 11.1 Å². The molecular formula is C20H21BrFNO3.